The van der Waals surface area contributed by atoms with Gasteiger partial charge in [-0.05, 0) is 30.9 Å². The van der Waals surface area contributed by atoms with Crippen molar-refractivity contribution >= 4 is 29.0 Å². The largest absolute Gasteiger partial charge is 0.450 e. The molecule has 3 aromatic rings. The maximum absolute atomic E-state index is 12.4. The van der Waals surface area contributed by atoms with E-state index in [2.05, 4.69) is 10.4 Å². The Morgan fingerprint density at radius 2 is 1.86 bits per heavy atom. The SMILES string of the molecule is Cc1nn(C)c(C)c1C(=O)C(=O)OCC(=O)NC(c1ccccc1)c1cccs1. The Morgan fingerprint density at radius 1 is 1.14 bits per heavy atom. The standard InChI is InChI=1S/C21H21N3O4S/c1-13-18(14(2)24(3)23-13)20(26)21(27)28-12-17(25)22-19(16-10-7-11-29-16)15-8-5-4-6-9-15/h4-11,19H,12H2,1-3H3,(H,22,25). The molecule has 1 atom stereocenters. The maximum atomic E-state index is 12.4. The van der Waals surface area contributed by atoms with Gasteiger partial charge in [-0.25, -0.2) is 4.79 Å². The maximum Gasteiger partial charge on any atom is 0.380 e. The Morgan fingerprint density at radius 3 is 2.45 bits per heavy atom. The minimum atomic E-state index is -1.08. The van der Waals surface area contributed by atoms with Crippen LogP contribution in [0.3, 0.4) is 0 Å². The molecule has 3 rings (SSSR count). The molecule has 0 saturated carbocycles. The number of amides is 1. The number of ether oxygens (including phenoxy) is 1. The highest BCUT2D eigenvalue weighted by Crippen LogP contribution is 2.25. The van der Waals surface area contributed by atoms with Crippen molar-refractivity contribution in [3.63, 3.8) is 0 Å². The van der Waals surface area contributed by atoms with Crippen molar-refractivity contribution in [1.29, 1.82) is 0 Å². The zero-order valence-electron chi connectivity index (χ0n) is 16.3. The second-order valence-corrected chi connectivity index (χ2v) is 7.48. The number of nitrogens with zero attached hydrogens (tertiary/aromatic N) is 2. The molecule has 0 aliphatic heterocycles. The molecule has 0 saturated heterocycles. The molecule has 2 heterocycles. The van der Waals surface area contributed by atoms with Gasteiger partial charge < -0.3 is 10.1 Å². The Hall–Kier alpha value is -3.26. The van der Waals surface area contributed by atoms with Crippen LogP contribution in [0, 0.1) is 13.8 Å². The zero-order valence-corrected chi connectivity index (χ0v) is 17.2. The first-order valence-electron chi connectivity index (χ1n) is 8.98. The minimum absolute atomic E-state index is 0.207. The van der Waals surface area contributed by atoms with E-state index in [-0.39, 0.29) is 11.6 Å². The molecule has 1 N–H and O–H groups in total. The van der Waals surface area contributed by atoms with Crippen LogP contribution in [0.15, 0.2) is 47.8 Å². The lowest BCUT2D eigenvalue weighted by Crippen LogP contribution is -2.33. The quantitative estimate of drug-likeness (QED) is 0.367. The fourth-order valence-electron chi connectivity index (χ4n) is 3.02. The first kappa shape index (κ1) is 20.5. The molecule has 0 aliphatic rings. The highest BCUT2D eigenvalue weighted by atomic mass is 32.1. The van der Waals surface area contributed by atoms with Crippen LogP contribution in [0.5, 0.6) is 0 Å². The fourth-order valence-corrected chi connectivity index (χ4v) is 3.83. The summed E-state index contributed by atoms with van der Waals surface area (Å²) in [6.07, 6.45) is 0. The van der Waals surface area contributed by atoms with Gasteiger partial charge in [0.1, 0.15) is 0 Å². The molecule has 2 aromatic heterocycles. The van der Waals surface area contributed by atoms with Crippen LogP contribution >= 0.6 is 11.3 Å². The van der Waals surface area contributed by atoms with Crippen LogP contribution in [0.1, 0.15) is 38.2 Å². The van der Waals surface area contributed by atoms with Gasteiger partial charge in [0.05, 0.1) is 17.3 Å². The van der Waals surface area contributed by atoms with E-state index in [1.54, 1.807) is 20.9 Å². The van der Waals surface area contributed by atoms with Gasteiger partial charge in [0.25, 0.3) is 11.7 Å². The molecule has 8 heteroatoms. The topological polar surface area (TPSA) is 90.3 Å². The summed E-state index contributed by atoms with van der Waals surface area (Å²) in [6, 6.07) is 13.0. The van der Waals surface area contributed by atoms with Crippen molar-refractivity contribution in [2.45, 2.75) is 19.9 Å². The lowest BCUT2D eigenvalue weighted by atomic mass is 10.1. The molecule has 150 valence electrons. The van der Waals surface area contributed by atoms with E-state index in [1.165, 1.54) is 16.0 Å². The lowest BCUT2D eigenvalue weighted by Gasteiger charge is -2.18. The van der Waals surface area contributed by atoms with Gasteiger partial charge in [-0.15, -0.1) is 11.3 Å². The number of aryl methyl sites for hydroxylation is 2. The summed E-state index contributed by atoms with van der Waals surface area (Å²) in [4.78, 5) is 37.9. The predicted octanol–water partition coefficient (Wildman–Crippen LogP) is 2.73. The number of ketones is 1. The molecule has 7 nitrogen and oxygen atoms in total. The third-order valence-electron chi connectivity index (χ3n) is 4.52. The third kappa shape index (κ3) is 4.60. The van der Waals surface area contributed by atoms with Crippen molar-refractivity contribution in [1.82, 2.24) is 15.1 Å². The summed E-state index contributed by atoms with van der Waals surface area (Å²) in [6.45, 7) is 2.79. The van der Waals surface area contributed by atoms with Gasteiger partial charge in [0.15, 0.2) is 6.61 Å². The molecular weight excluding hydrogens is 390 g/mol. The first-order valence-corrected chi connectivity index (χ1v) is 9.85. The molecule has 0 radical (unpaired) electrons. The first-order chi connectivity index (χ1) is 13.9. The van der Waals surface area contributed by atoms with E-state index < -0.39 is 24.3 Å². The van der Waals surface area contributed by atoms with E-state index in [0.717, 1.165) is 10.4 Å². The lowest BCUT2D eigenvalue weighted by molar-refractivity contribution is -0.144. The van der Waals surface area contributed by atoms with Crippen molar-refractivity contribution in [2.24, 2.45) is 7.05 Å². The van der Waals surface area contributed by atoms with Gasteiger partial charge in [-0.3, -0.25) is 14.3 Å². The number of rotatable bonds is 7. The second kappa shape index (κ2) is 8.83. The van der Waals surface area contributed by atoms with E-state index >= 15 is 0 Å². The predicted molar refractivity (Wildman–Crippen MR) is 109 cm³/mol. The fraction of sp³-hybridized carbons (Fsp3) is 0.238. The molecule has 0 fully saturated rings. The summed E-state index contributed by atoms with van der Waals surface area (Å²) in [5.74, 6) is -2.38. The number of hydrogen-bond acceptors (Lipinski definition) is 6. The molecule has 1 amide bonds. The number of nitrogens with one attached hydrogen (secondary N) is 1. The number of aromatic nitrogens is 2. The second-order valence-electron chi connectivity index (χ2n) is 6.50. The Kier molecular flexibility index (Phi) is 6.23. The summed E-state index contributed by atoms with van der Waals surface area (Å²) >= 11 is 1.51. The highest BCUT2D eigenvalue weighted by Gasteiger charge is 2.26. The van der Waals surface area contributed by atoms with E-state index in [4.69, 9.17) is 4.74 Å². The molecule has 0 aliphatic carbocycles. The van der Waals surface area contributed by atoms with E-state index in [9.17, 15) is 14.4 Å². The molecular formula is C21H21N3O4S. The summed E-state index contributed by atoms with van der Waals surface area (Å²) in [5.41, 5.74) is 2.12. The van der Waals surface area contributed by atoms with Crippen molar-refractivity contribution in [3.05, 3.63) is 75.2 Å². The van der Waals surface area contributed by atoms with Crippen LogP contribution < -0.4 is 5.32 Å². The van der Waals surface area contributed by atoms with Gasteiger partial charge in [-0.2, -0.15) is 5.10 Å². The minimum Gasteiger partial charge on any atom is -0.450 e. The van der Waals surface area contributed by atoms with E-state index in [1.807, 2.05) is 47.8 Å². The average Bonchev–Trinajstić information content (AvgIpc) is 3.33. The summed E-state index contributed by atoms with van der Waals surface area (Å²) in [7, 11) is 1.69. The summed E-state index contributed by atoms with van der Waals surface area (Å²) in [5, 5.41) is 8.91. The van der Waals surface area contributed by atoms with Gasteiger partial charge in [0, 0.05) is 17.6 Å². The van der Waals surface area contributed by atoms with Crippen molar-refractivity contribution < 1.29 is 19.1 Å². The van der Waals surface area contributed by atoms with Gasteiger partial charge in [-0.1, -0.05) is 36.4 Å². The van der Waals surface area contributed by atoms with Crippen LogP contribution in [-0.2, 0) is 21.4 Å². The van der Waals surface area contributed by atoms with Gasteiger partial charge in [0.2, 0.25) is 0 Å². The number of thiophene rings is 1. The molecule has 29 heavy (non-hydrogen) atoms. The van der Waals surface area contributed by atoms with Crippen LogP contribution in [0.2, 0.25) is 0 Å². The Bertz CT molecular complexity index is 1030. The van der Waals surface area contributed by atoms with Crippen LogP contribution in [0.25, 0.3) is 0 Å². The van der Waals surface area contributed by atoms with Crippen molar-refractivity contribution in [3.8, 4) is 0 Å². The van der Waals surface area contributed by atoms with Crippen LogP contribution in [-0.4, -0.2) is 34.0 Å². The molecule has 1 aromatic carbocycles. The molecule has 0 bridgehead atoms. The average molecular weight is 411 g/mol. The molecule has 0 spiro atoms. The zero-order chi connectivity index (χ0) is 21.0. The number of benzene rings is 1. The number of hydrogen-bond donors (Lipinski definition) is 1. The van der Waals surface area contributed by atoms with Crippen LogP contribution in [0.4, 0.5) is 0 Å². The number of esters is 1. The highest BCUT2D eigenvalue weighted by molar-refractivity contribution is 7.10. The third-order valence-corrected chi connectivity index (χ3v) is 5.46. The number of Topliss-reactive ketones (excluding diaryl/α,β-unsaturated/α-hetero) is 1. The smallest absolute Gasteiger partial charge is 0.380 e. The number of carbonyl (C=O) groups is 3. The summed E-state index contributed by atoms with van der Waals surface area (Å²) < 4.78 is 6.48. The Labute approximate surface area is 172 Å². The van der Waals surface area contributed by atoms with E-state index in [0.29, 0.717) is 11.4 Å². The van der Waals surface area contributed by atoms with Gasteiger partial charge >= 0.3 is 5.97 Å². The normalized spacial score (nSPS) is 11.7. The Balaban J connectivity index is 1.65. The van der Waals surface area contributed by atoms with Crippen molar-refractivity contribution in [2.75, 3.05) is 6.61 Å². The molecule has 1 unspecified atom stereocenters. The monoisotopic (exact) mass is 411 g/mol. The number of carbonyl (C=O) groups excluding carboxylic acids is 3.